The van der Waals surface area contributed by atoms with Crippen LogP contribution in [0.15, 0.2) is 48.5 Å². The van der Waals surface area contributed by atoms with E-state index in [1.165, 1.54) is 49.7 Å². The number of carbonyl (C=O) groups is 2. The fourth-order valence-corrected chi connectivity index (χ4v) is 11.0. The van der Waals surface area contributed by atoms with Gasteiger partial charge in [-0.2, -0.15) is 0 Å². The number of benzene rings is 2. The summed E-state index contributed by atoms with van der Waals surface area (Å²) in [7, 11) is 0. The number of anilines is 2. The summed E-state index contributed by atoms with van der Waals surface area (Å²) in [6, 6.07) is 16.8. The standard InChI is InChI=1S/C35H42N2O2/c38-32(34-16-24-10-25(17-34)12-26(11-24)18-34)36-30-5-1-22(2-6-30)9-23-3-7-31(8-4-23)37-33(39)35-19-27-13-28(20-35)15-29(14-27)21-35/h1-8,24-29H,9-21H2,(H,36,38)(H,37,39). The normalized spacial score (nSPS) is 39.1. The Labute approximate surface area is 232 Å². The Morgan fingerprint density at radius 3 is 1.08 bits per heavy atom. The van der Waals surface area contributed by atoms with Crippen LogP contribution in [0.4, 0.5) is 11.4 Å². The maximum atomic E-state index is 13.4. The molecule has 0 unspecified atom stereocenters. The largest absolute Gasteiger partial charge is 0.326 e. The van der Waals surface area contributed by atoms with Gasteiger partial charge in [-0.05, 0) is 154 Å². The van der Waals surface area contributed by atoms with Crippen molar-refractivity contribution in [2.45, 2.75) is 83.5 Å². The Balaban J connectivity index is 0.879. The maximum Gasteiger partial charge on any atom is 0.230 e. The molecule has 8 aliphatic rings. The quantitative estimate of drug-likeness (QED) is 0.411. The van der Waals surface area contributed by atoms with Crippen molar-refractivity contribution in [3.05, 3.63) is 59.7 Å². The molecule has 2 N–H and O–H groups in total. The molecule has 8 saturated carbocycles. The van der Waals surface area contributed by atoms with E-state index in [-0.39, 0.29) is 22.6 Å². The van der Waals surface area contributed by atoms with Crippen LogP contribution in [0.3, 0.4) is 0 Å². The van der Waals surface area contributed by atoms with Gasteiger partial charge >= 0.3 is 0 Å². The van der Waals surface area contributed by atoms with Gasteiger partial charge in [-0.25, -0.2) is 0 Å². The number of hydrogen-bond acceptors (Lipinski definition) is 2. The fraction of sp³-hybridized carbons (Fsp3) is 0.600. The van der Waals surface area contributed by atoms with Crippen LogP contribution in [0.25, 0.3) is 0 Å². The van der Waals surface area contributed by atoms with E-state index in [1.807, 2.05) is 0 Å². The van der Waals surface area contributed by atoms with Gasteiger partial charge in [0, 0.05) is 11.4 Å². The zero-order valence-corrected chi connectivity index (χ0v) is 23.1. The number of carbonyl (C=O) groups excluding carboxylic acids is 2. The van der Waals surface area contributed by atoms with Crippen molar-refractivity contribution in [1.29, 1.82) is 0 Å². The molecular weight excluding hydrogens is 480 g/mol. The second kappa shape index (κ2) is 8.94. The third-order valence-electron chi connectivity index (χ3n) is 11.9. The molecule has 39 heavy (non-hydrogen) atoms. The molecule has 0 heterocycles. The summed E-state index contributed by atoms with van der Waals surface area (Å²) in [5.41, 5.74) is 4.08. The minimum Gasteiger partial charge on any atom is -0.326 e. The Hall–Kier alpha value is -2.62. The lowest BCUT2D eigenvalue weighted by molar-refractivity contribution is -0.141. The zero-order valence-electron chi connectivity index (χ0n) is 23.1. The van der Waals surface area contributed by atoms with E-state index in [0.29, 0.717) is 0 Å². The zero-order chi connectivity index (χ0) is 26.2. The molecule has 2 aromatic rings. The van der Waals surface area contributed by atoms with Crippen LogP contribution in [-0.4, -0.2) is 11.8 Å². The van der Waals surface area contributed by atoms with Crippen LogP contribution in [0, 0.1) is 46.3 Å². The van der Waals surface area contributed by atoms with Crippen LogP contribution in [0.2, 0.25) is 0 Å². The molecule has 0 aliphatic heterocycles. The molecule has 4 nitrogen and oxygen atoms in total. The van der Waals surface area contributed by atoms with E-state index in [2.05, 4.69) is 59.2 Å². The highest BCUT2D eigenvalue weighted by Crippen LogP contribution is 2.61. The first-order chi connectivity index (χ1) is 18.9. The highest BCUT2D eigenvalue weighted by molar-refractivity contribution is 5.96. The molecule has 0 aromatic heterocycles. The van der Waals surface area contributed by atoms with Crippen molar-refractivity contribution in [2.24, 2.45) is 46.3 Å². The average molecular weight is 523 g/mol. The smallest absolute Gasteiger partial charge is 0.230 e. The molecule has 2 aromatic carbocycles. The van der Waals surface area contributed by atoms with E-state index in [9.17, 15) is 9.59 Å². The van der Waals surface area contributed by atoms with Gasteiger partial charge in [0.15, 0.2) is 0 Å². The second-order valence-electron chi connectivity index (χ2n) is 14.9. The van der Waals surface area contributed by atoms with Crippen LogP contribution in [-0.2, 0) is 16.0 Å². The highest BCUT2D eigenvalue weighted by Gasteiger charge is 2.55. The molecule has 0 saturated heterocycles. The van der Waals surface area contributed by atoms with Crippen molar-refractivity contribution < 1.29 is 9.59 Å². The molecule has 0 atom stereocenters. The summed E-state index contributed by atoms with van der Waals surface area (Å²) in [4.78, 5) is 26.8. The summed E-state index contributed by atoms with van der Waals surface area (Å²) in [5.74, 6) is 5.20. The Morgan fingerprint density at radius 1 is 0.513 bits per heavy atom. The lowest BCUT2D eigenvalue weighted by atomic mass is 9.49. The summed E-state index contributed by atoms with van der Waals surface area (Å²) in [6.45, 7) is 0. The third kappa shape index (κ3) is 4.33. The third-order valence-corrected chi connectivity index (χ3v) is 11.9. The van der Waals surface area contributed by atoms with Gasteiger partial charge in [-0.3, -0.25) is 9.59 Å². The predicted molar refractivity (Wildman–Crippen MR) is 154 cm³/mol. The minimum absolute atomic E-state index is 0.111. The second-order valence-corrected chi connectivity index (χ2v) is 14.9. The van der Waals surface area contributed by atoms with Crippen LogP contribution in [0.5, 0.6) is 0 Å². The van der Waals surface area contributed by atoms with E-state index < -0.39 is 0 Å². The van der Waals surface area contributed by atoms with Crippen molar-refractivity contribution in [3.8, 4) is 0 Å². The van der Waals surface area contributed by atoms with Gasteiger partial charge in [-0.15, -0.1) is 0 Å². The molecule has 8 bridgehead atoms. The molecule has 0 radical (unpaired) electrons. The Kier molecular flexibility index (Phi) is 5.55. The van der Waals surface area contributed by atoms with Gasteiger partial charge < -0.3 is 10.6 Å². The molecule has 204 valence electrons. The summed E-state index contributed by atoms with van der Waals surface area (Å²) >= 11 is 0. The number of rotatable bonds is 6. The molecule has 0 spiro atoms. The molecule has 4 heteroatoms. The van der Waals surface area contributed by atoms with Crippen molar-refractivity contribution in [3.63, 3.8) is 0 Å². The van der Waals surface area contributed by atoms with Crippen molar-refractivity contribution in [1.82, 2.24) is 0 Å². The summed E-state index contributed by atoms with van der Waals surface area (Å²) < 4.78 is 0. The average Bonchev–Trinajstić information content (AvgIpc) is 2.89. The first-order valence-electron chi connectivity index (χ1n) is 15.7. The highest BCUT2D eigenvalue weighted by atomic mass is 16.2. The number of nitrogens with one attached hydrogen (secondary N) is 2. The summed E-state index contributed by atoms with van der Waals surface area (Å²) in [6.07, 6.45) is 15.6. The van der Waals surface area contributed by atoms with Gasteiger partial charge in [0.1, 0.15) is 0 Å². The van der Waals surface area contributed by atoms with E-state index in [1.54, 1.807) is 0 Å². The first-order valence-corrected chi connectivity index (χ1v) is 15.7. The Bertz CT molecular complexity index is 1110. The maximum absolute atomic E-state index is 13.4. The number of hydrogen-bond donors (Lipinski definition) is 2. The SMILES string of the molecule is O=C(Nc1ccc(Cc2ccc(NC(=O)C34CC5CC(CC(C5)C3)C4)cc2)cc1)C12CC3CC(CC(C3)C1)C2. The van der Waals surface area contributed by atoms with E-state index in [4.69, 9.17) is 0 Å². The van der Waals surface area contributed by atoms with Gasteiger partial charge in [0.2, 0.25) is 11.8 Å². The molecular formula is C35H42N2O2. The van der Waals surface area contributed by atoms with E-state index >= 15 is 0 Å². The molecule has 10 rings (SSSR count). The van der Waals surface area contributed by atoms with Crippen LogP contribution >= 0.6 is 0 Å². The minimum atomic E-state index is -0.111. The van der Waals surface area contributed by atoms with Crippen LogP contribution in [0.1, 0.15) is 88.2 Å². The molecule has 8 aliphatic carbocycles. The van der Waals surface area contributed by atoms with E-state index in [0.717, 1.165) is 91.8 Å². The van der Waals surface area contributed by atoms with Crippen molar-refractivity contribution >= 4 is 23.2 Å². The molecule has 2 amide bonds. The summed E-state index contributed by atoms with van der Waals surface area (Å²) in [5, 5.41) is 6.57. The fourth-order valence-electron chi connectivity index (χ4n) is 11.0. The lowest BCUT2D eigenvalue weighted by Gasteiger charge is -2.55. The van der Waals surface area contributed by atoms with Gasteiger partial charge in [0.25, 0.3) is 0 Å². The van der Waals surface area contributed by atoms with Gasteiger partial charge in [0.05, 0.1) is 10.8 Å². The Morgan fingerprint density at radius 2 is 0.795 bits per heavy atom. The monoisotopic (exact) mass is 522 g/mol. The number of amides is 2. The van der Waals surface area contributed by atoms with Gasteiger partial charge in [-0.1, -0.05) is 24.3 Å². The molecule has 8 fully saturated rings. The first kappa shape index (κ1) is 24.2. The topological polar surface area (TPSA) is 58.2 Å². The predicted octanol–water partition coefficient (Wildman–Crippen LogP) is 7.59. The lowest BCUT2D eigenvalue weighted by Crippen LogP contribution is -2.51. The van der Waals surface area contributed by atoms with Crippen LogP contribution < -0.4 is 10.6 Å². The van der Waals surface area contributed by atoms with Crippen molar-refractivity contribution in [2.75, 3.05) is 10.6 Å².